The van der Waals surface area contributed by atoms with E-state index in [4.69, 9.17) is 0 Å². The number of urea groups is 1. The van der Waals surface area contributed by atoms with E-state index in [1.54, 1.807) is 29.2 Å². The predicted molar refractivity (Wildman–Crippen MR) is 138 cm³/mol. The fraction of sp³-hybridized carbons (Fsp3) is 0.577. The molecule has 1 aromatic rings. The number of nitrogens with zero attached hydrogens (tertiary/aromatic N) is 2. The van der Waals surface area contributed by atoms with Crippen molar-refractivity contribution in [3.8, 4) is 0 Å². The monoisotopic (exact) mass is 518 g/mol. The first kappa shape index (κ1) is 26.5. The Bertz CT molecular complexity index is 1080. The summed E-state index contributed by atoms with van der Waals surface area (Å²) in [6, 6.07) is 7.80. The molecule has 36 heavy (non-hydrogen) atoms. The molecule has 4 rings (SSSR count). The third-order valence-corrected chi connectivity index (χ3v) is 11.8. The van der Waals surface area contributed by atoms with E-state index in [0.717, 1.165) is 30.4 Å². The third-order valence-electron chi connectivity index (χ3n) is 8.22. The van der Waals surface area contributed by atoms with Gasteiger partial charge in [-0.05, 0) is 37.8 Å². The van der Waals surface area contributed by atoms with E-state index in [0.29, 0.717) is 17.9 Å². The van der Waals surface area contributed by atoms with Gasteiger partial charge < -0.3 is 20.3 Å². The van der Waals surface area contributed by atoms with Crippen LogP contribution in [0.3, 0.4) is 0 Å². The molecule has 2 N–H and O–H groups in total. The van der Waals surface area contributed by atoms with Crippen LogP contribution in [-0.4, -0.2) is 62.6 Å². The van der Waals surface area contributed by atoms with Crippen LogP contribution in [0.15, 0.2) is 46.5 Å². The number of carbonyl (C=O) groups is 2. The number of rotatable bonds is 7. The smallest absolute Gasteiger partial charge is 0.329 e. The van der Waals surface area contributed by atoms with Crippen molar-refractivity contribution < 1.29 is 23.1 Å². The van der Waals surface area contributed by atoms with Crippen LogP contribution < -0.4 is 10.6 Å². The van der Waals surface area contributed by atoms with Crippen LogP contribution >= 0.6 is 0 Å². The Balaban J connectivity index is 1.48. The molecule has 1 atom stereocenters. The molecule has 1 saturated carbocycles. The lowest BCUT2D eigenvalue weighted by Gasteiger charge is -2.49. The van der Waals surface area contributed by atoms with Gasteiger partial charge in [0.1, 0.15) is 5.84 Å². The predicted octanol–water partition coefficient (Wildman–Crippen LogP) is 4.86. The zero-order valence-electron chi connectivity index (χ0n) is 21.7. The number of benzene rings is 1. The maximum absolute atomic E-state index is 13.4. The molecule has 0 saturated heterocycles. The van der Waals surface area contributed by atoms with Crippen molar-refractivity contribution >= 4 is 25.8 Å². The molecule has 196 valence electrons. The molecule has 1 fully saturated rings. The zero-order valence-corrected chi connectivity index (χ0v) is 22.7. The Morgan fingerprint density at radius 2 is 1.83 bits per heavy atom. The fourth-order valence-corrected chi connectivity index (χ4v) is 8.16. The number of hydrogen-bond donors (Lipinski definition) is 2. The first-order chi connectivity index (χ1) is 16.9. The van der Waals surface area contributed by atoms with E-state index in [2.05, 4.69) is 40.0 Å². The molecule has 0 radical (unpaired) electrons. The van der Waals surface area contributed by atoms with Gasteiger partial charge in [0, 0.05) is 10.6 Å². The average molecular weight is 519 g/mol. The van der Waals surface area contributed by atoms with Crippen LogP contribution in [0, 0.1) is 0 Å². The van der Waals surface area contributed by atoms with E-state index < -0.39 is 26.3 Å². The number of nitrogens with one attached hydrogen (secondary N) is 2. The minimum absolute atomic E-state index is 0.0504. The SMILES string of the molecule is CC1(C)C2=C(CN1C(=O)N[C@H](COC(F)F)c1ccccc1)C(NC(=O)C1([Si](C)(C)C)CCC1)=NC2. The average Bonchev–Trinajstić information content (AvgIpc) is 3.27. The number of amidine groups is 1. The quantitative estimate of drug-likeness (QED) is 0.506. The molecule has 0 aromatic heterocycles. The summed E-state index contributed by atoms with van der Waals surface area (Å²) < 4.78 is 30.1. The molecule has 7 nitrogen and oxygen atoms in total. The minimum Gasteiger partial charge on any atom is -0.329 e. The van der Waals surface area contributed by atoms with Crippen molar-refractivity contribution in [2.75, 3.05) is 19.7 Å². The Morgan fingerprint density at radius 3 is 2.39 bits per heavy atom. The summed E-state index contributed by atoms with van der Waals surface area (Å²) in [6.45, 7) is 8.00. The Hall–Kier alpha value is -2.59. The second-order valence-corrected chi connectivity index (χ2v) is 16.9. The van der Waals surface area contributed by atoms with Crippen LogP contribution in [0.4, 0.5) is 13.6 Å². The summed E-state index contributed by atoms with van der Waals surface area (Å²) in [5.74, 6) is 0.609. The Morgan fingerprint density at radius 1 is 1.17 bits per heavy atom. The normalized spacial score (nSPS) is 21.1. The van der Waals surface area contributed by atoms with E-state index in [-0.39, 0.29) is 30.1 Å². The van der Waals surface area contributed by atoms with Crippen molar-refractivity contribution in [2.45, 2.75) is 76.0 Å². The van der Waals surface area contributed by atoms with Gasteiger partial charge in [-0.15, -0.1) is 0 Å². The van der Waals surface area contributed by atoms with Crippen LogP contribution in [0.1, 0.15) is 44.7 Å². The summed E-state index contributed by atoms with van der Waals surface area (Å²) in [6.07, 6.45) is 2.89. The number of carbonyl (C=O) groups excluding carboxylic acids is 2. The first-order valence-electron chi connectivity index (χ1n) is 12.5. The van der Waals surface area contributed by atoms with Gasteiger partial charge in [-0.1, -0.05) is 56.4 Å². The highest BCUT2D eigenvalue weighted by atomic mass is 28.3. The molecule has 0 unspecified atom stereocenters. The third kappa shape index (κ3) is 4.72. The molecule has 0 spiro atoms. The molecule has 3 aliphatic rings. The number of alkyl halides is 2. The van der Waals surface area contributed by atoms with E-state index in [1.165, 1.54) is 0 Å². The minimum atomic E-state index is -2.93. The maximum Gasteiger partial charge on any atom is 0.345 e. The van der Waals surface area contributed by atoms with Crippen molar-refractivity contribution in [3.05, 3.63) is 47.0 Å². The molecule has 0 bridgehead atoms. The van der Waals surface area contributed by atoms with Gasteiger partial charge in [-0.25, -0.2) is 4.79 Å². The molecule has 2 heterocycles. The van der Waals surface area contributed by atoms with Crippen molar-refractivity contribution in [3.63, 3.8) is 0 Å². The van der Waals surface area contributed by atoms with Gasteiger partial charge in [-0.3, -0.25) is 9.79 Å². The van der Waals surface area contributed by atoms with Gasteiger partial charge in [-0.2, -0.15) is 8.78 Å². The molecule has 3 amide bonds. The van der Waals surface area contributed by atoms with Crippen LogP contribution in [0.25, 0.3) is 0 Å². The standard InChI is InChI=1S/C26H36F2N4O3Si/c1-25(2)19-14-29-21(31-22(33)26(12-9-13-26)36(3,4)5)18(19)15-32(25)24(34)30-20(16-35-23(27)28)17-10-7-6-8-11-17/h6-8,10-11,20,23H,9,12-16H2,1-5H3,(H,30,34)(H,29,31,33)/t20-/m1/s1. The maximum atomic E-state index is 13.4. The number of aliphatic imine (C=N–C) groups is 1. The van der Waals surface area contributed by atoms with Crippen LogP contribution in [-0.2, 0) is 9.53 Å². The highest BCUT2D eigenvalue weighted by Gasteiger charge is 2.54. The van der Waals surface area contributed by atoms with E-state index in [9.17, 15) is 18.4 Å². The van der Waals surface area contributed by atoms with Gasteiger partial charge >= 0.3 is 12.6 Å². The second-order valence-electron chi connectivity index (χ2n) is 11.4. The number of halogens is 2. The van der Waals surface area contributed by atoms with Gasteiger partial charge in [0.25, 0.3) is 0 Å². The molecule has 1 aliphatic carbocycles. The van der Waals surface area contributed by atoms with Crippen LogP contribution in [0.5, 0.6) is 0 Å². The lowest BCUT2D eigenvalue weighted by molar-refractivity contribution is -0.133. The number of hydrogen-bond acceptors (Lipinski definition) is 4. The summed E-state index contributed by atoms with van der Waals surface area (Å²) in [5.41, 5.74) is 1.89. The number of ether oxygens (including phenoxy) is 1. The fourth-order valence-electron chi connectivity index (χ4n) is 5.56. The van der Waals surface area contributed by atoms with Gasteiger partial charge in [0.2, 0.25) is 5.91 Å². The zero-order chi connectivity index (χ0) is 26.3. The van der Waals surface area contributed by atoms with E-state index in [1.807, 2.05) is 19.9 Å². The van der Waals surface area contributed by atoms with Crippen LogP contribution in [0.2, 0.25) is 24.7 Å². The molecule has 1 aromatic carbocycles. The van der Waals surface area contributed by atoms with Crippen molar-refractivity contribution in [2.24, 2.45) is 4.99 Å². The molecule has 2 aliphatic heterocycles. The highest BCUT2D eigenvalue weighted by molar-refractivity contribution is 6.82. The van der Waals surface area contributed by atoms with Gasteiger partial charge in [0.15, 0.2) is 0 Å². The summed E-state index contributed by atoms with van der Waals surface area (Å²) in [5, 5.41) is 5.72. The summed E-state index contributed by atoms with van der Waals surface area (Å²) in [4.78, 5) is 33.1. The lowest BCUT2D eigenvalue weighted by Crippen LogP contribution is -2.55. The Labute approximate surface area is 212 Å². The topological polar surface area (TPSA) is 83.0 Å². The number of amides is 3. The molecule has 10 heteroatoms. The van der Waals surface area contributed by atoms with E-state index >= 15 is 0 Å². The largest absolute Gasteiger partial charge is 0.345 e. The van der Waals surface area contributed by atoms with Crippen molar-refractivity contribution in [1.82, 2.24) is 15.5 Å². The lowest BCUT2D eigenvalue weighted by atomic mass is 9.83. The first-order valence-corrected chi connectivity index (χ1v) is 16.0. The van der Waals surface area contributed by atoms with Gasteiger partial charge in [0.05, 0.1) is 39.4 Å². The van der Waals surface area contributed by atoms with Crippen molar-refractivity contribution in [1.29, 1.82) is 0 Å². The molecular formula is C26H36F2N4O3Si. The Kier molecular flexibility index (Phi) is 7.13. The summed E-state index contributed by atoms with van der Waals surface area (Å²) in [7, 11) is -1.74. The second kappa shape index (κ2) is 9.70. The highest BCUT2D eigenvalue weighted by Crippen LogP contribution is 2.55. The summed E-state index contributed by atoms with van der Waals surface area (Å²) >= 11 is 0. The molecular weight excluding hydrogens is 482 g/mol.